The van der Waals surface area contributed by atoms with E-state index in [1.165, 1.54) is 41.2 Å². The van der Waals surface area contributed by atoms with Crippen molar-refractivity contribution in [3.05, 3.63) is 53.6 Å². The van der Waals surface area contributed by atoms with Crippen molar-refractivity contribution in [3.8, 4) is 0 Å². The highest BCUT2D eigenvalue weighted by molar-refractivity contribution is 5.84. The molecule has 2 heteroatoms. The summed E-state index contributed by atoms with van der Waals surface area (Å²) < 4.78 is 0. The molecular weight excluding hydrogens is 282 g/mol. The second-order valence-electron chi connectivity index (χ2n) is 7.49. The Kier molecular flexibility index (Phi) is 3.10. The van der Waals surface area contributed by atoms with Crippen molar-refractivity contribution < 1.29 is 5.11 Å². The summed E-state index contributed by atoms with van der Waals surface area (Å²) in [7, 11) is 0. The van der Waals surface area contributed by atoms with Gasteiger partial charge < -0.3 is 5.11 Å². The summed E-state index contributed by atoms with van der Waals surface area (Å²) in [6.07, 6.45) is 6.27. The number of hydrogen-bond acceptors (Lipinski definition) is 2. The Morgan fingerprint density at radius 3 is 2.83 bits per heavy atom. The molecule has 0 radical (unpaired) electrons. The van der Waals surface area contributed by atoms with Gasteiger partial charge in [0, 0.05) is 31.2 Å². The largest absolute Gasteiger partial charge is 0.396 e. The molecule has 6 rings (SSSR count). The fraction of sp³-hybridized carbons (Fsp3) is 0.429. The average Bonchev–Trinajstić information content (AvgIpc) is 2.91. The molecule has 5 atom stereocenters. The zero-order valence-electron chi connectivity index (χ0n) is 13.4. The lowest BCUT2D eigenvalue weighted by Gasteiger charge is -2.51. The number of hydrogen-bond donors (Lipinski definition) is 1. The van der Waals surface area contributed by atoms with Crippen molar-refractivity contribution in [1.82, 2.24) is 4.90 Å². The van der Waals surface area contributed by atoms with Gasteiger partial charge >= 0.3 is 0 Å². The molecule has 4 fully saturated rings. The highest BCUT2D eigenvalue weighted by atomic mass is 16.3. The molecule has 0 aromatic heterocycles. The molecule has 0 amide bonds. The summed E-state index contributed by atoms with van der Waals surface area (Å²) in [5, 5.41) is 12.5. The van der Waals surface area contributed by atoms with E-state index in [2.05, 4.69) is 53.4 Å². The number of aliphatic hydroxyl groups is 1. The van der Waals surface area contributed by atoms with E-state index < -0.39 is 0 Å². The number of piperidine rings is 3. The molecule has 4 heterocycles. The van der Waals surface area contributed by atoms with Gasteiger partial charge in [-0.2, -0.15) is 0 Å². The number of benzene rings is 2. The molecule has 1 unspecified atom stereocenters. The van der Waals surface area contributed by atoms with Gasteiger partial charge in [0.25, 0.3) is 0 Å². The van der Waals surface area contributed by atoms with Crippen molar-refractivity contribution in [2.75, 3.05) is 13.2 Å². The van der Waals surface area contributed by atoms with Crippen molar-refractivity contribution in [2.24, 2.45) is 11.8 Å². The van der Waals surface area contributed by atoms with E-state index in [0.717, 1.165) is 12.6 Å². The maximum absolute atomic E-state index is 9.90. The average molecular weight is 305 g/mol. The van der Waals surface area contributed by atoms with Crippen LogP contribution in [0.25, 0.3) is 16.8 Å². The first kappa shape index (κ1) is 13.8. The lowest BCUT2D eigenvalue weighted by atomic mass is 9.71. The van der Waals surface area contributed by atoms with Crippen LogP contribution in [0.5, 0.6) is 0 Å². The van der Waals surface area contributed by atoms with E-state index in [-0.39, 0.29) is 0 Å². The Morgan fingerprint density at radius 1 is 1.09 bits per heavy atom. The molecule has 4 aliphatic heterocycles. The first-order chi connectivity index (χ1) is 11.3. The predicted octanol–water partition coefficient (Wildman–Crippen LogP) is 3.70. The van der Waals surface area contributed by atoms with Crippen LogP contribution in [0.1, 0.15) is 24.8 Å². The first-order valence-electron chi connectivity index (χ1n) is 8.89. The van der Waals surface area contributed by atoms with Crippen LogP contribution < -0.4 is 0 Å². The van der Waals surface area contributed by atoms with Gasteiger partial charge in [-0.1, -0.05) is 48.0 Å². The first-order valence-corrected chi connectivity index (χ1v) is 8.89. The fourth-order valence-corrected chi connectivity index (χ4v) is 5.33. The Morgan fingerprint density at radius 2 is 1.96 bits per heavy atom. The second kappa shape index (κ2) is 5.19. The van der Waals surface area contributed by atoms with Gasteiger partial charge in [-0.15, -0.1) is 0 Å². The quantitative estimate of drug-likeness (QED) is 0.914. The minimum atomic E-state index is 0.341. The standard InChI is InChI=1S/C21H23NO/c23-13-20-19-11-18-7-8-21(20)22(18)12-17(19)10-14-5-6-15-3-1-2-4-16(15)9-14/h1-6,9-10,18-21,23H,7-8,11-13H2/b17-10+/t18-,19+,20-,21+/m0/s1. The highest BCUT2D eigenvalue weighted by Crippen LogP contribution is 2.50. The minimum Gasteiger partial charge on any atom is -0.396 e. The summed E-state index contributed by atoms with van der Waals surface area (Å²) in [6, 6.07) is 16.7. The van der Waals surface area contributed by atoms with Crippen LogP contribution >= 0.6 is 0 Å². The molecule has 4 aliphatic rings. The molecule has 0 spiro atoms. The Labute approximate surface area is 137 Å². The minimum absolute atomic E-state index is 0.341. The maximum atomic E-state index is 9.90. The van der Waals surface area contributed by atoms with Gasteiger partial charge in [-0.25, -0.2) is 0 Å². The molecule has 4 bridgehead atoms. The van der Waals surface area contributed by atoms with Crippen molar-refractivity contribution in [2.45, 2.75) is 31.3 Å². The van der Waals surface area contributed by atoms with Crippen LogP contribution in [0.3, 0.4) is 0 Å². The van der Waals surface area contributed by atoms with Crippen LogP contribution in [-0.2, 0) is 0 Å². The molecular formula is C21H23NO. The number of aliphatic hydroxyl groups excluding tert-OH is 1. The number of fused-ring (bicyclic) bond motifs is 2. The molecule has 2 nitrogen and oxygen atoms in total. The molecule has 23 heavy (non-hydrogen) atoms. The summed E-state index contributed by atoms with van der Waals surface area (Å²) >= 11 is 0. The molecule has 2 aromatic carbocycles. The topological polar surface area (TPSA) is 23.5 Å². The Balaban J connectivity index is 1.52. The lowest BCUT2D eigenvalue weighted by molar-refractivity contribution is -0.000633. The third-order valence-electron chi connectivity index (χ3n) is 6.41. The van der Waals surface area contributed by atoms with E-state index >= 15 is 0 Å². The number of rotatable bonds is 2. The molecule has 2 aromatic rings. The van der Waals surface area contributed by atoms with E-state index in [0.29, 0.717) is 24.5 Å². The van der Waals surface area contributed by atoms with E-state index in [4.69, 9.17) is 0 Å². The summed E-state index contributed by atoms with van der Waals surface area (Å²) in [5.74, 6) is 1.04. The second-order valence-corrected chi connectivity index (χ2v) is 7.49. The summed E-state index contributed by atoms with van der Waals surface area (Å²) in [6.45, 7) is 1.46. The van der Waals surface area contributed by atoms with Gasteiger partial charge in [0.05, 0.1) is 0 Å². The predicted molar refractivity (Wildman–Crippen MR) is 94.1 cm³/mol. The molecule has 0 saturated carbocycles. The molecule has 4 saturated heterocycles. The monoisotopic (exact) mass is 305 g/mol. The van der Waals surface area contributed by atoms with Crippen molar-refractivity contribution >= 4 is 16.8 Å². The highest BCUT2D eigenvalue weighted by Gasteiger charge is 2.51. The molecule has 1 N–H and O–H groups in total. The molecule has 0 aliphatic carbocycles. The van der Waals surface area contributed by atoms with Gasteiger partial charge in [0.1, 0.15) is 0 Å². The number of nitrogens with zero attached hydrogens (tertiary/aromatic N) is 1. The third-order valence-corrected chi connectivity index (χ3v) is 6.41. The van der Waals surface area contributed by atoms with Crippen molar-refractivity contribution in [1.29, 1.82) is 0 Å². The lowest BCUT2D eigenvalue weighted by Crippen LogP contribution is -2.56. The van der Waals surface area contributed by atoms with Gasteiger partial charge in [0.2, 0.25) is 0 Å². The summed E-state index contributed by atoms with van der Waals surface area (Å²) in [4.78, 5) is 2.67. The van der Waals surface area contributed by atoms with E-state index in [1.54, 1.807) is 0 Å². The van der Waals surface area contributed by atoms with Gasteiger partial charge in [0.15, 0.2) is 0 Å². The van der Waals surface area contributed by atoms with Crippen LogP contribution in [0, 0.1) is 11.8 Å². The SMILES string of the molecule is OC[C@H]1[C@@H]2C[C@@H]3CC[C@H]1N3C/C2=C\c1ccc2ccccc2c1. The third kappa shape index (κ3) is 2.09. The van der Waals surface area contributed by atoms with Crippen LogP contribution in [0.2, 0.25) is 0 Å². The Bertz CT molecular complexity index is 780. The summed E-state index contributed by atoms with van der Waals surface area (Å²) in [5.41, 5.74) is 2.84. The van der Waals surface area contributed by atoms with Crippen LogP contribution in [0.4, 0.5) is 0 Å². The normalized spacial score (nSPS) is 36.9. The van der Waals surface area contributed by atoms with Crippen LogP contribution in [-0.4, -0.2) is 35.2 Å². The van der Waals surface area contributed by atoms with E-state index in [9.17, 15) is 5.11 Å². The van der Waals surface area contributed by atoms with Crippen molar-refractivity contribution in [3.63, 3.8) is 0 Å². The fourth-order valence-electron chi connectivity index (χ4n) is 5.33. The van der Waals surface area contributed by atoms with Gasteiger partial charge in [-0.05, 0) is 47.6 Å². The molecule has 118 valence electrons. The Hall–Kier alpha value is -1.64. The zero-order valence-corrected chi connectivity index (χ0v) is 13.4. The smallest absolute Gasteiger partial charge is 0.0480 e. The zero-order chi connectivity index (χ0) is 15.4. The van der Waals surface area contributed by atoms with Gasteiger partial charge in [-0.3, -0.25) is 4.90 Å². The maximum Gasteiger partial charge on any atom is 0.0480 e. The van der Waals surface area contributed by atoms with Crippen LogP contribution in [0.15, 0.2) is 48.0 Å². The van der Waals surface area contributed by atoms with E-state index in [1.807, 2.05) is 0 Å².